The molecule has 1 unspecified atom stereocenters. The van der Waals surface area contributed by atoms with Crippen LogP contribution in [0.2, 0.25) is 0 Å². The molecule has 0 amide bonds. The molecule has 0 aromatic rings. The predicted molar refractivity (Wildman–Crippen MR) is 132 cm³/mol. The Morgan fingerprint density at radius 1 is 1.06 bits per heavy atom. The first kappa shape index (κ1) is 26.0. The summed E-state index contributed by atoms with van der Waals surface area (Å²) in [6.45, 7) is 11.9. The maximum atomic E-state index is 10.3. The summed E-state index contributed by atoms with van der Waals surface area (Å²) in [6.07, 6.45) is 14.5. The van der Waals surface area contributed by atoms with Crippen molar-refractivity contribution in [1.29, 1.82) is 0 Å². The van der Waals surface area contributed by atoms with Crippen molar-refractivity contribution in [3.05, 3.63) is 11.6 Å². The van der Waals surface area contributed by atoms with Crippen LogP contribution in [-0.2, 0) is 13.6 Å². The normalized spacial score (nSPS) is 42.3. The van der Waals surface area contributed by atoms with Crippen LogP contribution in [-0.4, -0.2) is 22.6 Å². The average molecular weight is 483 g/mol. The highest BCUT2D eigenvalue weighted by molar-refractivity contribution is 7.89. The third-order valence-electron chi connectivity index (χ3n) is 10.7. The van der Waals surface area contributed by atoms with Crippen molar-refractivity contribution in [2.45, 2.75) is 111 Å². The number of aliphatic hydroxyl groups is 1. The van der Waals surface area contributed by atoms with Crippen LogP contribution in [0.1, 0.15) is 98.8 Å². The Balaban J connectivity index is 1.43. The van der Waals surface area contributed by atoms with E-state index in [2.05, 4.69) is 50.1 Å². The van der Waals surface area contributed by atoms with Crippen LogP contribution in [0.15, 0.2) is 11.6 Å². The van der Waals surface area contributed by atoms with Crippen LogP contribution in [0.5, 0.6) is 0 Å². The van der Waals surface area contributed by atoms with E-state index in [0.717, 1.165) is 61.7 Å². The summed E-state index contributed by atoms with van der Waals surface area (Å²) in [5.74, 6) is 4.30. The van der Waals surface area contributed by atoms with Crippen LogP contribution >= 0.6 is 12.3 Å². The molecule has 5 nitrogen and oxygen atoms in total. The number of fused-ring (bicyclic) bond motifs is 5. The highest BCUT2D eigenvalue weighted by Crippen LogP contribution is 2.67. The largest absolute Gasteiger partial charge is 0.393 e. The molecule has 6 heteroatoms. The lowest BCUT2D eigenvalue weighted by Crippen LogP contribution is -2.50. The Kier molecular flexibility index (Phi) is 8.24. The number of hydrogen-bond donors (Lipinski definition) is 2. The van der Waals surface area contributed by atoms with Gasteiger partial charge in [0.25, 0.3) is 0 Å². The molecule has 0 aromatic heterocycles. The van der Waals surface area contributed by atoms with E-state index < -0.39 is 0 Å². The summed E-state index contributed by atoms with van der Waals surface area (Å²) in [4.78, 5) is 0. The standard InChI is InChI=1S/C27H46O5S/c1-17(2)25(28)11-6-18(3)22-9-10-23-21-8-7-19-16-20(30-33-32-31-29)12-14-26(19,4)24(21)13-15-27(22,23)5/h7,17-18,20-25,28-29H,6,8-16H2,1-5H3/t18-,20+,21+,22-,23+,24+,25?,26+,27-/m1/s1. The molecule has 0 aliphatic heterocycles. The number of allylic oxidation sites excluding steroid dienone is 1. The van der Waals surface area contributed by atoms with Crippen molar-refractivity contribution in [2.75, 3.05) is 0 Å². The fourth-order valence-corrected chi connectivity index (χ4v) is 9.07. The lowest BCUT2D eigenvalue weighted by atomic mass is 9.47. The summed E-state index contributed by atoms with van der Waals surface area (Å²) in [6, 6.07) is 0. The second kappa shape index (κ2) is 10.5. The van der Waals surface area contributed by atoms with Gasteiger partial charge >= 0.3 is 0 Å². The molecular formula is C27H46O5S. The summed E-state index contributed by atoms with van der Waals surface area (Å²) >= 11 is 0.728. The minimum Gasteiger partial charge on any atom is -0.393 e. The molecule has 0 heterocycles. The highest BCUT2D eigenvalue weighted by atomic mass is 32.2. The number of aliphatic hydroxyl groups excluding tert-OH is 1. The van der Waals surface area contributed by atoms with Crippen molar-refractivity contribution in [2.24, 2.45) is 46.3 Å². The Labute approximate surface area is 205 Å². The smallest absolute Gasteiger partial charge is 0.197 e. The maximum Gasteiger partial charge on any atom is 0.197 e. The molecule has 3 saturated carbocycles. The first-order chi connectivity index (χ1) is 15.7. The van der Waals surface area contributed by atoms with Gasteiger partial charge in [-0.3, -0.25) is 4.18 Å². The van der Waals surface area contributed by atoms with Crippen LogP contribution in [0.3, 0.4) is 0 Å². The molecule has 3 fully saturated rings. The van der Waals surface area contributed by atoms with Crippen molar-refractivity contribution in [1.82, 2.24) is 0 Å². The van der Waals surface area contributed by atoms with Gasteiger partial charge in [-0.05, 0) is 111 Å². The zero-order chi connectivity index (χ0) is 23.8. The highest BCUT2D eigenvalue weighted by Gasteiger charge is 2.59. The van der Waals surface area contributed by atoms with E-state index in [-0.39, 0.29) is 12.2 Å². The fourth-order valence-electron chi connectivity index (χ4n) is 8.74. The van der Waals surface area contributed by atoms with Crippen LogP contribution in [0, 0.1) is 46.3 Å². The van der Waals surface area contributed by atoms with Crippen LogP contribution in [0.4, 0.5) is 0 Å². The minimum absolute atomic E-state index is 0.118. The van der Waals surface area contributed by atoms with Gasteiger partial charge in [0.1, 0.15) is 0 Å². The van der Waals surface area contributed by atoms with E-state index in [1.807, 2.05) is 0 Å². The van der Waals surface area contributed by atoms with Gasteiger partial charge in [0.2, 0.25) is 0 Å². The van der Waals surface area contributed by atoms with E-state index in [1.165, 1.54) is 38.5 Å². The lowest BCUT2D eigenvalue weighted by molar-refractivity contribution is -0.434. The molecule has 0 spiro atoms. The number of rotatable bonds is 9. The second-order valence-electron chi connectivity index (χ2n) is 12.5. The van der Waals surface area contributed by atoms with E-state index in [0.29, 0.717) is 22.7 Å². The lowest BCUT2D eigenvalue weighted by Gasteiger charge is -2.58. The average Bonchev–Trinajstić information content (AvgIpc) is 3.14. The third-order valence-corrected chi connectivity index (χ3v) is 11.2. The molecule has 4 rings (SSSR count). The molecule has 33 heavy (non-hydrogen) atoms. The Bertz CT molecular complexity index is 698. The first-order valence-corrected chi connectivity index (χ1v) is 14.0. The van der Waals surface area contributed by atoms with Crippen molar-refractivity contribution in [3.63, 3.8) is 0 Å². The van der Waals surface area contributed by atoms with Gasteiger partial charge in [0.15, 0.2) is 12.3 Å². The molecule has 0 saturated heterocycles. The Morgan fingerprint density at radius 2 is 1.85 bits per heavy atom. The van der Waals surface area contributed by atoms with Crippen LogP contribution < -0.4 is 0 Å². The first-order valence-electron chi connectivity index (χ1n) is 13.4. The van der Waals surface area contributed by atoms with Gasteiger partial charge in [0.05, 0.1) is 12.2 Å². The Morgan fingerprint density at radius 3 is 2.58 bits per heavy atom. The van der Waals surface area contributed by atoms with Crippen LogP contribution in [0.25, 0.3) is 0 Å². The maximum absolute atomic E-state index is 10.3. The Hall–Kier alpha value is -0.110. The zero-order valence-corrected chi connectivity index (χ0v) is 22.1. The third kappa shape index (κ3) is 4.95. The molecule has 9 atom stereocenters. The molecule has 190 valence electrons. The van der Waals surface area contributed by atoms with E-state index in [4.69, 9.17) is 9.44 Å². The second-order valence-corrected chi connectivity index (χ2v) is 13.0. The summed E-state index contributed by atoms with van der Waals surface area (Å²) in [5.41, 5.74) is 2.34. The molecular weight excluding hydrogens is 436 g/mol. The molecule has 4 aliphatic rings. The van der Waals surface area contributed by atoms with E-state index >= 15 is 0 Å². The fraction of sp³-hybridized carbons (Fsp3) is 0.926. The molecule has 0 radical (unpaired) electrons. The SMILES string of the molecule is CC(C)C(O)CC[C@@H](C)[C@H]1CC[C@H]2[C@@H]3CC=C4C[C@@H](OSOOO)CC[C@]4(C)[C@H]3CC[C@]12C. The molecule has 0 bridgehead atoms. The van der Waals surface area contributed by atoms with Gasteiger partial charge in [-0.25, -0.2) is 5.26 Å². The molecule has 0 aromatic carbocycles. The van der Waals surface area contributed by atoms with Crippen molar-refractivity contribution < 1.29 is 23.9 Å². The molecule has 4 aliphatic carbocycles. The predicted octanol–water partition coefficient (Wildman–Crippen LogP) is 7.37. The van der Waals surface area contributed by atoms with Gasteiger partial charge in [0, 0.05) is 0 Å². The zero-order valence-electron chi connectivity index (χ0n) is 21.3. The topological polar surface area (TPSA) is 68.2 Å². The van der Waals surface area contributed by atoms with Crippen molar-refractivity contribution in [3.8, 4) is 0 Å². The number of hydrogen-bond acceptors (Lipinski definition) is 6. The van der Waals surface area contributed by atoms with Gasteiger partial charge < -0.3 is 5.11 Å². The van der Waals surface area contributed by atoms with E-state index in [9.17, 15) is 5.11 Å². The summed E-state index contributed by atoms with van der Waals surface area (Å²) < 4.78 is 10.1. The molecule has 2 N–H and O–H groups in total. The monoisotopic (exact) mass is 482 g/mol. The quantitative estimate of drug-likeness (QED) is 0.118. The van der Waals surface area contributed by atoms with Crippen molar-refractivity contribution >= 4 is 12.3 Å². The van der Waals surface area contributed by atoms with E-state index in [1.54, 1.807) is 5.57 Å². The van der Waals surface area contributed by atoms with Gasteiger partial charge in [-0.2, -0.15) is 0 Å². The minimum atomic E-state index is -0.157. The summed E-state index contributed by atoms with van der Waals surface area (Å²) in [7, 11) is 0. The van der Waals surface area contributed by atoms with Gasteiger partial charge in [-0.1, -0.05) is 51.3 Å². The van der Waals surface area contributed by atoms with Gasteiger partial charge in [-0.15, -0.1) is 4.33 Å². The summed E-state index contributed by atoms with van der Waals surface area (Å²) in [5, 5.41) is 22.3.